The molecule has 0 aliphatic carbocycles. The second kappa shape index (κ2) is 6.52. The Morgan fingerprint density at radius 2 is 2.06 bits per heavy atom. The molecule has 0 amide bonds. The van der Waals surface area contributed by atoms with Crippen LogP contribution >= 0.6 is 23.6 Å². The van der Waals surface area contributed by atoms with Gasteiger partial charge in [0.15, 0.2) is 5.11 Å². The number of benzene rings is 1. The molecule has 0 saturated heterocycles. The van der Waals surface area contributed by atoms with E-state index in [1.807, 2.05) is 30.3 Å². The lowest BCUT2D eigenvalue weighted by Crippen LogP contribution is -2.37. The number of para-hydroxylation sites is 1. The van der Waals surface area contributed by atoms with Crippen LogP contribution in [0, 0.1) is 0 Å². The summed E-state index contributed by atoms with van der Waals surface area (Å²) in [5.41, 5.74) is 2.36. The van der Waals surface area contributed by atoms with E-state index >= 15 is 0 Å². The lowest BCUT2D eigenvalue weighted by Gasteiger charge is -2.16. The molecule has 0 bridgehead atoms. The molecule has 4 heteroatoms. The second-order valence-corrected chi connectivity index (χ2v) is 5.39. The van der Waals surface area contributed by atoms with Crippen molar-refractivity contribution in [3.05, 3.63) is 52.7 Å². The van der Waals surface area contributed by atoms with E-state index in [1.165, 1.54) is 5.56 Å². The molecule has 2 aromatic rings. The summed E-state index contributed by atoms with van der Waals surface area (Å²) >= 11 is 7.02. The maximum atomic E-state index is 5.29. The third kappa shape index (κ3) is 4.13. The SMILES string of the molecule is CC(Cc1ccsc1)NC(=S)Nc1ccccc1. The van der Waals surface area contributed by atoms with Gasteiger partial charge in [0.05, 0.1) is 0 Å². The van der Waals surface area contributed by atoms with Gasteiger partial charge in [0.25, 0.3) is 0 Å². The molecule has 0 spiro atoms. The highest BCUT2D eigenvalue weighted by Crippen LogP contribution is 2.09. The molecular formula is C14H16N2S2. The van der Waals surface area contributed by atoms with Crippen LogP contribution in [-0.4, -0.2) is 11.2 Å². The Labute approximate surface area is 117 Å². The summed E-state index contributed by atoms with van der Waals surface area (Å²) < 4.78 is 0. The first-order valence-electron chi connectivity index (χ1n) is 5.87. The number of hydrogen-bond acceptors (Lipinski definition) is 2. The van der Waals surface area contributed by atoms with Crippen molar-refractivity contribution in [3.8, 4) is 0 Å². The van der Waals surface area contributed by atoms with Gasteiger partial charge in [-0.05, 0) is 60.1 Å². The molecule has 1 atom stereocenters. The van der Waals surface area contributed by atoms with Crippen molar-refractivity contribution in [2.24, 2.45) is 0 Å². The quantitative estimate of drug-likeness (QED) is 0.833. The van der Waals surface area contributed by atoms with Crippen LogP contribution < -0.4 is 10.6 Å². The predicted octanol–water partition coefficient (Wildman–Crippen LogP) is 3.67. The second-order valence-electron chi connectivity index (χ2n) is 4.20. The molecule has 0 fully saturated rings. The molecule has 94 valence electrons. The van der Waals surface area contributed by atoms with Crippen molar-refractivity contribution in [1.82, 2.24) is 5.32 Å². The van der Waals surface area contributed by atoms with Crippen LogP contribution in [0.25, 0.3) is 0 Å². The van der Waals surface area contributed by atoms with Gasteiger partial charge in [-0.2, -0.15) is 11.3 Å². The van der Waals surface area contributed by atoms with E-state index in [0.29, 0.717) is 11.2 Å². The number of hydrogen-bond donors (Lipinski definition) is 2. The Morgan fingerprint density at radius 3 is 2.72 bits per heavy atom. The van der Waals surface area contributed by atoms with Crippen LogP contribution in [0.15, 0.2) is 47.2 Å². The molecule has 2 N–H and O–H groups in total. The summed E-state index contributed by atoms with van der Waals surface area (Å²) in [6, 6.07) is 12.4. The minimum atomic E-state index is 0.323. The first-order chi connectivity index (χ1) is 8.74. The van der Waals surface area contributed by atoms with Crippen LogP contribution in [0.1, 0.15) is 12.5 Å². The zero-order valence-corrected chi connectivity index (χ0v) is 11.9. The summed E-state index contributed by atoms with van der Waals surface area (Å²) in [6.45, 7) is 2.14. The molecule has 1 unspecified atom stereocenters. The van der Waals surface area contributed by atoms with Crippen LogP contribution in [0.3, 0.4) is 0 Å². The number of thiophene rings is 1. The van der Waals surface area contributed by atoms with Crippen molar-refractivity contribution >= 4 is 34.4 Å². The summed E-state index contributed by atoms with van der Waals surface area (Å²) in [5.74, 6) is 0. The topological polar surface area (TPSA) is 24.1 Å². The molecule has 1 aromatic carbocycles. The molecular weight excluding hydrogens is 260 g/mol. The number of thiocarbonyl (C=S) groups is 1. The predicted molar refractivity (Wildman–Crippen MR) is 83.3 cm³/mol. The fourth-order valence-electron chi connectivity index (χ4n) is 1.73. The number of nitrogens with one attached hydrogen (secondary N) is 2. The summed E-state index contributed by atoms with van der Waals surface area (Å²) in [6.07, 6.45) is 0.986. The normalized spacial score (nSPS) is 11.8. The van der Waals surface area contributed by atoms with Crippen molar-refractivity contribution < 1.29 is 0 Å². The van der Waals surface area contributed by atoms with Crippen LogP contribution in [0.5, 0.6) is 0 Å². The maximum Gasteiger partial charge on any atom is 0.170 e. The van der Waals surface area contributed by atoms with Gasteiger partial charge in [0, 0.05) is 11.7 Å². The summed E-state index contributed by atoms with van der Waals surface area (Å²) in [5, 5.41) is 11.4. The standard InChI is InChI=1S/C14H16N2S2/c1-11(9-12-7-8-18-10-12)15-14(17)16-13-5-3-2-4-6-13/h2-8,10-11H,9H2,1H3,(H2,15,16,17). The average molecular weight is 276 g/mol. The van der Waals surface area contributed by atoms with Gasteiger partial charge in [-0.1, -0.05) is 18.2 Å². The lowest BCUT2D eigenvalue weighted by atomic mass is 10.1. The summed E-state index contributed by atoms with van der Waals surface area (Å²) in [7, 11) is 0. The fraction of sp³-hybridized carbons (Fsp3) is 0.214. The molecule has 1 aromatic heterocycles. The zero-order valence-electron chi connectivity index (χ0n) is 10.2. The molecule has 0 aliphatic heterocycles. The highest BCUT2D eigenvalue weighted by Gasteiger charge is 2.05. The van der Waals surface area contributed by atoms with Gasteiger partial charge in [-0.3, -0.25) is 0 Å². The Bertz CT molecular complexity index is 480. The molecule has 0 aliphatic rings. The van der Waals surface area contributed by atoms with E-state index in [0.717, 1.165) is 12.1 Å². The molecule has 18 heavy (non-hydrogen) atoms. The van der Waals surface area contributed by atoms with Gasteiger partial charge in [-0.25, -0.2) is 0 Å². The van der Waals surface area contributed by atoms with Gasteiger partial charge in [-0.15, -0.1) is 0 Å². The van der Waals surface area contributed by atoms with Crippen molar-refractivity contribution in [1.29, 1.82) is 0 Å². The molecule has 2 rings (SSSR count). The third-order valence-corrected chi connectivity index (χ3v) is 3.48. The van der Waals surface area contributed by atoms with E-state index in [1.54, 1.807) is 11.3 Å². The van der Waals surface area contributed by atoms with E-state index in [9.17, 15) is 0 Å². The van der Waals surface area contributed by atoms with Gasteiger partial charge in [0.2, 0.25) is 0 Å². The molecule has 0 saturated carbocycles. The minimum Gasteiger partial charge on any atom is -0.360 e. The Hall–Kier alpha value is -1.39. The zero-order chi connectivity index (χ0) is 12.8. The first kappa shape index (κ1) is 13.1. The van der Waals surface area contributed by atoms with Gasteiger partial charge < -0.3 is 10.6 Å². The Balaban J connectivity index is 1.80. The van der Waals surface area contributed by atoms with Crippen molar-refractivity contribution in [3.63, 3.8) is 0 Å². The van der Waals surface area contributed by atoms with Crippen molar-refractivity contribution in [2.75, 3.05) is 5.32 Å². The third-order valence-electron chi connectivity index (χ3n) is 2.53. The van der Waals surface area contributed by atoms with Crippen LogP contribution in [0.2, 0.25) is 0 Å². The lowest BCUT2D eigenvalue weighted by molar-refractivity contribution is 0.666. The molecule has 2 nitrogen and oxygen atoms in total. The smallest absolute Gasteiger partial charge is 0.170 e. The Morgan fingerprint density at radius 1 is 1.28 bits per heavy atom. The minimum absolute atomic E-state index is 0.323. The maximum absolute atomic E-state index is 5.29. The highest BCUT2D eigenvalue weighted by atomic mass is 32.1. The van der Waals surface area contributed by atoms with E-state index in [2.05, 4.69) is 34.4 Å². The largest absolute Gasteiger partial charge is 0.360 e. The number of rotatable bonds is 4. The Kier molecular flexibility index (Phi) is 4.73. The summed E-state index contributed by atoms with van der Waals surface area (Å²) in [4.78, 5) is 0. The first-order valence-corrected chi connectivity index (χ1v) is 7.23. The van der Waals surface area contributed by atoms with Crippen molar-refractivity contribution in [2.45, 2.75) is 19.4 Å². The highest BCUT2D eigenvalue weighted by molar-refractivity contribution is 7.80. The van der Waals surface area contributed by atoms with Crippen LogP contribution in [0.4, 0.5) is 5.69 Å². The van der Waals surface area contributed by atoms with E-state index < -0.39 is 0 Å². The number of anilines is 1. The fourth-order valence-corrected chi connectivity index (χ4v) is 2.73. The molecule has 0 radical (unpaired) electrons. The van der Waals surface area contributed by atoms with Crippen LogP contribution in [-0.2, 0) is 6.42 Å². The average Bonchev–Trinajstić information content (AvgIpc) is 2.82. The van der Waals surface area contributed by atoms with E-state index in [4.69, 9.17) is 12.2 Å². The van der Waals surface area contributed by atoms with Gasteiger partial charge >= 0.3 is 0 Å². The van der Waals surface area contributed by atoms with E-state index in [-0.39, 0.29) is 0 Å². The monoisotopic (exact) mass is 276 g/mol. The van der Waals surface area contributed by atoms with Gasteiger partial charge in [0.1, 0.15) is 0 Å². The molecule has 1 heterocycles.